The molecule has 1 saturated heterocycles. The van der Waals surface area contributed by atoms with Crippen LogP contribution in [0.4, 0.5) is 0 Å². The first-order valence-electron chi connectivity index (χ1n) is 6.88. The first-order chi connectivity index (χ1) is 10.2. The number of nitrogens with one attached hydrogen (secondary N) is 1. The number of likely N-dealkylation sites (tertiary alicyclic amines) is 1. The van der Waals surface area contributed by atoms with Gasteiger partial charge in [0.2, 0.25) is 5.91 Å². The maximum absolute atomic E-state index is 12.6. The molecule has 2 amide bonds. The minimum atomic E-state index is -0.386. The van der Waals surface area contributed by atoms with E-state index in [9.17, 15) is 9.59 Å². The Morgan fingerprint density at radius 1 is 1.52 bits per heavy atom. The molecule has 2 N–H and O–H groups in total. The van der Waals surface area contributed by atoms with E-state index in [0.717, 1.165) is 17.7 Å². The zero-order valence-electron chi connectivity index (χ0n) is 11.9. The van der Waals surface area contributed by atoms with Crippen LogP contribution in [-0.4, -0.2) is 48.1 Å². The van der Waals surface area contributed by atoms with Crippen molar-refractivity contribution in [1.29, 1.82) is 0 Å². The lowest BCUT2D eigenvalue weighted by molar-refractivity contribution is -0.126. The van der Waals surface area contributed by atoms with E-state index in [0.29, 0.717) is 18.5 Å². The number of aliphatic hydroxyl groups excluding tert-OH is 1. The number of piperidine rings is 1. The summed E-state index contributed by atoms with van der Waals surface area (Å²) in [5, 5.41) is 13.1. The zero-order valence-corrected chi connectivity index (χ0v) is 12.7. The topological polar surface area (TPSA) is 69.6 Å². The summed E-state index contributed by atoms with van der Waals surface area (Å²) in [6, 6.07) is 1.33. The molecule has 2 rings (SSSR count). The molecule has 0 aliphatic carbocycles. The number of hydrogen-bond donors (Lipinski definition) is 2. The van der Waals surface area contributed by atoms with E-state index in [1.807, 2.05) is 0 Å². The summed E-state index contributed by atoms with van der Waals surface area (Å²) in [6.45, 7) is 0.399. The van der Waals surface area contributed by atoms with Crippen molar-refractivity contribution in [3.63, 3.8) is 0 Å². The fourth-order valence-electron chi connectivity index (χ4n) is 2.42. The molecule has 6 heteroatoms. The molecule has 1 fully saturated rings. The lowest BCUT2D eigenvalue weighted by Gasteiger charge is -2.34. The third kappa shape index (κ3) is 3.63. The van der Waals surface area contributed by atoms with E-state index in [2.05, 4.69) is 17.2 Å². The van der Waals surface area contributed by atoms with Gasteiger partial charge in [-0.05, 0) is 25.3 Å². The van der Waals surface area contributed by atoms with Crippen molar-refractivity contribution in [2.45, 2.75) is 25.3 Å². The van der Waals surface area contributed by atoms with Crippen LogP contribution in [0.15, 0.2) is 11.4 Å². The van der Waals surface area contributed by atoms with Gasteiger partial charge in [0.1, 0.15) is 12.6 Å². The molecule has 1 aliphatic rings. The quantitative estimate of drug-likeness (QED) is 0.795. The van der Waals surface area contributed by atoms with Crippen LogP contribution in [0.25, 0.3) is 0 Å². The highest BCUT2D eigenvalue weighted by atomic mass is 32.1. The SMILES string of the molecule is CNC(=O)C1CCCCN1C(=O)c1csc(C#CCO)c1. The van der Waals surface area contributed by atoms with E-state index < -0.39 is 0 Å². The maximum Gasteiger partial charge on any atom is 0.255 e. The predicted molar refractivity (Wildman–Crippen MR) is 81.0 cm³/mol. The van der Waals surface area contributed by atoms with Crippen LogP contribution < -0.4 is 5.32 Å². The number of amides is 2. The summed E-state index contributed by atoms with van der Waals surface area (Å²) in [5.74, 6) is 5.11. The molecule has 0 radical (unpaired) electrons. The lowest BCUT2D eigenvalue weighted by Crippen LogP contribution is -2.51. The van der Waals surface area contributed by atoms with Gasteiger partial charge in [0.25, 0.3) is 5.91 Å². The number of nitrogens with zero attached hydrogens (tertiary/aromatic N) is 1. The first-order valence-corrected chi connectivity index (χ1v) is 7.76. The standard InChI is InChI=1S/C15H18N2O3S/c1-16-14(19)13-6-2-3-7-17(13)15(20)11-9-12(21-10-11)5-4-8-18/h9-10,13,18H,2-3,6-8H2,1H3,(H,16,19). The fraction of sp³-hybridized carbons (Fsp3) is 0.467. The summed E-state index contributed by atoms with van der Waals surface area (Å²) >= 11 is 1.36. The molecule has 2 heterocycles. The Labute approximate surface area is 128 Å². The van der Waals surface area contributed by atoms with Crippen LogP contribution in [0.5, 0.6) is 0 Å². The molecule has 112 valence electrons. The Hall–Kier alpha value is -1.84. The largest absolute Gasteiger partial charge is 0.384 e. The molecule has 1 atom stereocenters. The molecule has 1 unspecified atom stereocenters. The molecule has 1 aliphatic heterocycles. The monoisotopic (exact) mass is 306 g/mol. The second-order valence-corrected chi connectivity index (χ2v) is 5.70. The Kier molecular flexibility index (Phi) is 5.37. The minimum absolute atomic E-state index is 0.112. The molecular formula is C15H18N2O3S. The second-order valence-electron chi connectivity index (χ2n) is 4.78. The van der Waals surface area contributed by atoms with Gasteiger partial charge in [-0.2, -0.15) is 0 Å². The highest BCUT2D eigenvalue weighted by molar-refractivity contribution is 7.10. The van der Waals surface area contributed by atoms with Gasteiger partial charge in [0, 0.05) is 19.0 Å². The van der Waals surface area contributed by atoms with Gasteiger partial charge >= 0.3 is 0 Å². The minimum Gasteiger partial charge on any atom is -0.384 e. The molecular weight excluding hydrogens is 288 g/mol. The normalized spacial score (nSPS) is 17.8. The number of carbonyl (C=O) groups excluding carboxylic acids is 2. The highest BCUT2D eigenvalue weighted by Crippen LogP contribution is 2.22. The molecule has 0 aromatic carbocycles. The highest BCUT2D eigenvalue weighted by Gasteiger charge is 2.32. The van der Waals surface area contributed by atoms with Crippen molar-refractivity contribution in [1.82, 2.24) is 10.2 Å². The summed E-state index contributed by atoms with van der Waals surface area (Å²) in [7, 11) is 1.59. The maximum atomic E-state index is 12.6. The number of likely N-dealkylation sites (N-methyl/N-ethyl adjacent to an activating group) is 1. The average Bonchev–Trinajstić information content (AvgIpc) is 3.00. The molecule has 21 heavy (non-hydrogen) atoms. The number of hydrogen-bond acceptors (Lipinski definition) is 4. The Bertz CT molecular complexity index is 585. The van der Waals surface area contributed by atoms with E-state index in [1.165, 1.54) is 11.3 Å². The number of rotatable bonds is 2. The van der Waals surface area contributed by atoms with Gasteiger partial charge in [0.15, 0.2) is 0 Å². The van der Waals surface area contributed by atoms with Crippen molar-refractivity contribution >= 4 is 23.2 Å². The number of carbonyl (C=O) groups is 2. The third-order valence-corrected chi connectivity index (χ3v) is 4.30. The van der Waals surface area contributed by atoms with Crippen molar-refractivity contribution in [2.24, 2.45) is 0 Å². The number of thiophene rings is 1. The van der Waals surface area contributed by atoms with Crippen LogP contribution in [0.1, 0.15) is 34.5 Å². The van der Waals surface area contributed by atoms with Gasteiger partial charge in [-0.3, -0.25) is 9.59 Å². The summed E-state index contributed by atoms with van der Waals surface area (Å²) in [6.07, 6.45) is 2.58. The van der Waals surface area contributed by atoms with Crippen LogP contribution in [0.3, 0.4) is 0 Å². The Morgan fingerprint density at radius 3 is 3.05 bits per heavy atom. The van der Waals surface area contributed by atoms with Crippen LogP contribution >= 0.6 is 11.3 Å². The predicted octanol–water partition coefficient (Wildman–Crippen LogP) is 0.833. The van der Waals surface area contributed by atoms with Gasteiger partial charge in [-0.25, -0.2) is 0 Å². The van der Waals surface area contributed by atoms with Gasteiger partial charge in [0.05, 0.1) is 10.4 Å². The lowest BCUT2D eigenvalue weighted by atomic mass is 10.0. The smallest absolute Gasteiger partial charge is 0.255 e. The summed E-state index contributed by atoms with van der Waals surface area (Å²) < 4.78 is 0. The van der Waals surface area contributed by atoms with Crippen molar-refractivity contribution in [2.75, 3.05) is 20.2 Å². The fourth-order valence-corrected chi connectivity index (χ4v) is 3.17. The zero-order chi connectivity index (χ0) is 15.2. The first kappa shape index (κ1) is 15.5. The van der Waals surface area contributed by atoms with Crippen molar-refractivity contribution < 1.29 is 14.7 Å². The van der Waals surface area contributed by atoms with Crippen LogP contribution in [0, 0.1) is 11.8 Å². The molecule has 0 bridgehead atoms. The second kappa shape index (κ2) is 7.25. The molecule has 0 spiro atoms. The Morgan fingerprint density at radius 2 is 2.33 bits per heavy atom. The summed E-state index contributed by atoms with van der Waals surface area (Å²) in [5.41, 5.74) is 0.554. The van der Waals surface area contributed by atoms with E-state index >= 15 is 0 Å². The van der Waals surface area contributed by atoms with E-state index in [4.69, 9.17) is 5.11 Å². The van der Waals surface area contributed by atoms with Crippen molar-refractivity contribution in [3.8, 4) is 11.8 Å². The average molecular weight is 306 g/mol. The van der Waals surface area contributed by atoms with Gasteiger partial charge in [-0.15, -0.1) is 11.3 Å². The van der Waals surface area contributed by atoms with Crippen LogP contribution in [0.2, 0.25) is 0 Å². The van der Waals surface area contributed by atoms with Crippen LogP contribution in [-0.2, 0) is 4.79 Å². The van der Waals surface area contributed by atoms with Crippen molar-refractivity contribution in [3.05, 3.63) is 21.9 Å². The molecule has 1 aromatic rings. The molecule has 1 aromatic heterocycles. The summed E-state index contributed by atoms with van der Waals surface area (Å²) in [4.78, 5) is 26.9. The number of aliphatic hydroxyl groups is 1. The third-order valence-electron chi connectivity index (χ3n) is 3.45. The van der Waals surface area contributed by atoms with Gasteiger partial charge in [-0.1, -0.05) is 11.8 Å². The van der Waals surface area contributed by atoms with E-state index in [1.54, 1.807) is 23.4 Å². The van der Waals surface area contributed by atoms with E-state index in [-0.39, 0.29) is 24.5 Å². The molecule has 0 saturated carbocycles. The van der Waals surface area contributed by atoms with Gasteiger partial charge < -0.3 is 15.3 Å². The Balaban J connectivity index is 2.16. The molecule has 5 nitrogen and oxygen atoms in total.